The van der Waals surface area contributed by atoms with Crippen LogP contribution >= 0.6 is 0 Å². The molecule has 0 fully saturated rings. The Balaban J connectivity index is 3.47. The largest absolute Gasteiger partial charge is 0.394 e. The van der Waals surface area contributed by atoms with E-state index in [2.05, 4.69) is 4.74 Å². The highest BCUT2D eigenvalue weighted by atomic mass is 16.6. The standard InChI is InChI=1S/C4H8B2O3/c5-1-3(7)9-4(8)2-6/h1-2,5-6H2. The Kier molecular flexibility index (Phi) is 3.84. The van der Waals surface area contributed by atoms with Gasteiger partial charge in [-0.3, -0.25) is 9.59 Å². The smallest absolute Gasteiger partial charge is 0.305 e. The predicted molar refractivity (Wildman–Crippen MR) is 37.8 cm³/mol. The van der Waals surface area contributed by atoms with Crippen molar-refractivity contribution in [2.45, 2.75) is 12.6 Å². The van der Waals surface area contributed by atoms with Gasteiger partial charge in [-0.15, -0.1) is 0 Å². The van der Waals surface area contributed by atoms with Gasteiger partial charge in [-0.25, -0.2) is 0 Å². The highest BCUT2D eigenvalue weighted by Gasteiger charge is 2.03. The normalized spacial score (nSPS) is 8.44. The molecule has 0 N–H and O–H groups in total. The molecule has 48 valence electrons. The fourth-order valence-electron chi connectivity index (χ4n) is 0.271. The summed E-state index contributed by atoms with van der Waals surface area (Å²) in [6.45, 7) is 0. The van der Waals surface area contributed by atoms with E-state index < -0.39 is 11.9 Å². The summed E-state index contributed by atoms with van der Waals surface area (Å²) < 4.78 is 4.27. The van der Waals surface area contributed by atoms with Gasteiger partial charge in [-0.05, 0) is 0 Å². The maximum Gasteiger partial charge on any atom is 0.305 e. The Morgan fingerprint density at radius 3 is 1.67 bits per heavy atom. The lowest BCUT2D eigenvalue weighted by molar-refractivity contribution is -0.156. The number of hydrogen-bond donors (Lipinski definition) is 0. The first kappa shape index (κ1) is 8.27. The second-order valence-corrected chi connectivity index (χ2v) is 1.55. The van der Waals surface area contributed by atoms with Gasteiger partial charge < -0.3 is 4.74 Å². The molecule has 0 heterocycles. The van der Waals surface area contributed by atoms with Gasteiger partial charge in [0.2, 0.25) is 0 Å². The van der Waals surface area contributed by atoms with Gasteiger partial charge in [0.1, 0.15) is 15.7 Å². The summed E-state index contributed by atoms with van der Waals surface area (Å²) in [5, 5.41) is 0. The SMILES string of the molecule is BCC(=O)OC(=O)CB. The number of hydrogen-bond acceptors (Lipinski definition) is 3. The van der Waals surface area contributed by atoms with Gasteiger partial charge in [-0.2, -0.15) is 0 Å². The molecular weight excluding hydrogens is 118 g/mol. The van der Waals surface area contributed by atoms with Crippen molar-refractivity contribution in [1.29, 1.82) is 0 Å². The summed E-state index contributed by atoms with van der Waals surface area (Å²) in [5.41, 5.74) is 0. The summed E-state index contributed by atoms with van der Waals surface area (Å²) in [7, 11) is 3.29. The molecule has 5 heteroatoms. The van der Waals surface area contributed by atoms with Crippen LogP contribution in [0.5, 0.6) is 0 Å². The van der Waals surface area contributed by atoms with E-state index in [-0.39, 0.29) is 12.6 Å². The highest BCUT2D eigenvalue weighted by Crippen LogP contribution is 1.86. The van der Waals surface area contributed by atoms with E-state index in [9.17, 15) is 9.59 Å². The number of rotatable bonds is 2. The van der Waals surface area contributed by atoms with Gasteiger partial charge in [0.15, 0.2) is 0 Å². The quantitative estimate of drug-likeness (QED) is 0.248. The van der Waals surface area contributed by atoms with Crippen LogP contribution in [0.3, 0.4) is 0 Å². The minimum atomic E-state index is -0.457. The average molecular weight is 126 g/mol. The van der Waals surface area contributed by atoms with E-state index in [1.165, 1.54) is 0 Å². The Morgan fingerprint density at radius 1 is 1.11 bits per heavy atom. The van der Waals surface area contributed by atoms with Gasteiger partial charge in [-0.1, -0.05) is 0 Å². The molecule has 0 radical (unpaired) electrons. The predicted octanol–water partition coefficient (Wildman–Crippen LogP) is -1.84. The fourth-order valence-corrected chi connectivity index (χ4v) is 0.271. The number of ether oxygens (including phenoxy) is 1. The van der Waals surface area contributed by atoms with Gasteiger partial charge in [0, 0.05) is 12.6 Å². The van der Waals surface area contributed by atoms with Crippen LogP contribution in [0.15, 0.2) is 0 Å². The Morgan fingerprint density at radius 2 is 1.44 bits per heavy atom. The third kappa shape index (κ3) is 3.82. The summed E-state index contributed by atoms with van der Waals surface area (Å²) >= 11 is 0. The zero-order valence-corrected chi connectivity index (χ0v) is 5.64. The maximum atomic E-state index is 10.3. The highest BCUT2D eigenvalue weighted by molar-refractivity contribution is 6.22. The van der Waals surface area contributed by atoms with Crippen molar-refractivity contribution >= 4 is 27.6 Å². The number of carbonyl (C=O) groups excluding carboxylic acids is 2. The summed E-state index contributed by atoms with van der Waals surface area (Å²) in [6, 6.07) is 0. The van der Waals surface area contributed by atoms with Crippen molar-refractivity contribution < 1.29 is 14.3 Å². The number of esters is 2. The van der Waals surface area contributed by atoms with Crippen LogP contribution in [0.4, 0.5) is 0 Å². The average Bonchev–Trinajstić information content (AvgIpc) is 1.87. The van der Waals surface area contributed by atoms with E-state index in [0.29, 0.717) is 0 Å². The van der Waals surface area contributed by atoms with Crippen LogP contribution < -0.4 is 0 Å². The molecule has 0 saturated heterocycles. The van der Waals surface area contributed by atoms with E-state index in [1.54, 1.807) is 15.7 Å². The fraction of sp³-hybridized carbons (Fsp3) is 0.500. The summed E-state index contributed by atoms with van der Waals surface area (Å²) in [4.78, 5) is 20.7. The first-order chi connectivity index (χ1) is 4.20. The van der Waals surface area contributed by atoms with Gasteiger partial charge in [0.05, 0.1) is 0 Å². The lowest BCUT2D eigenvalue weighted by atomic mass is 10.1. The third-order valence-corrected chi connectivity index (χ3v) is 0.805. The molecule has 0 aliphatic rings. The van der Waals surface area contributed by atoms with Crippen molar-refractivity contribution in [2.75, 3.05) is 0 Å². The maximum absolute atomic E-state index is 10.3. The van der Waals surface area contributed by atoms with E-state index >= 15 is 0 Å². The molecule has 0 unspecified atom stereocenters. The first-order valence-corrected chi connectivity index (χ1v) is 2.94. The Labute approximate surface area is 55.6 Å². The van der Waals surface area contributed by atoms with E-state index in [1.807, 2.05) is 0 Å². The third-order valence-electron chi connectivity index (χ3n) is 0.805. The lowest BCUT2D eigenvalue weighted by Crippen LogP contribution is -2.10. The molecule has 9 heavy (non-hydrogen) atoms. The van der Waals surface area contributed by atoms with Crippen LogP contribution in [0, 0.1) is 0 Å². The zero-order chi connectivity index (χ0) is 7.28. The monoisotopic (exact) mass is 126 g/mol. The molecule has 0 saturated carbocycles. The lowest BCUT2D eigenvalue weighted by Gasteiger charge is -1.95. The molecule has 0 spiro atoms. The van der Waals surface area contributed by atoms with Crippen molar-refractivity contribution in [1.82, 2.24) is 0 Å². The van der Waals surface area contributed by atoms with Crippen LogP contribution in [0.25, 0.3) is 0 Å². The first-order valence-electron chi connectivity index (χ1n) is 2.94. The molecule has 0 bridgehead atoms. The second-order valence-electron chi connectivity index (χ2n) is 1.55. The summed E-state index contributed by atoms with van der Waals surface area (Å²) in [6.07, 6.45) is 0.511. The van der Waals surface area contributed by atoms with E-state index in [4.69, 9.17) is 0 Å². The van der Waals surface area contributed by atoms with Crippen LogP contribution in [0.1, 0.15) is 0 Å². The molecule has 0 amide bonds. The van der Waals surface area contributed by atoms with Gasteiger partial charge >= 0.3 is 11.9 Å². The van der Waals surface area contributed by atoms with Crippen LogP contribution in [-0.4, -0.2) is 27.6 Å². The molecule has 0 aromatic rings. The Bertz CT molecular complexity index is 109. The minimum absolute atomic E-state index is 0.256. The van der Waals surface area contributed by atoms with Crippen molar-refractivity contribution in [3.8, 4) is 0 Å². The molecular formula is C4H8B2O3. The molecule has 3 nitrogen and oxygen atoms in total. The zero-order valence-electron chi connectivity index (χ0n) is 5.64. The molecule has 0 aromatic heterocycles. The van der Waals surface area contributed by atoms with Crippen molar-refractivity contribution in [3.63, 3.8) is 0 Å². The Hall–Kier alpha value is -0.730. The molecule has 0 rings (SSSR count). The van der Waals surface area contributed by atoms with Crippen molar-refractivity contribution in [2.24, 2.45) is 0 Å². The van der Waals surface area contributed by atoms with E-state index in [0.717, 1.165) is 0 Å². The molecule has 0 atom stereocenters. The van der Waals surface area contributed by atoms with Crippen LogP contribution in [-0.2, 0) is 14.3 Å². The molecule has 0 aliphatic carbocycles. The second kappa shape index (κ2) is 4.18. The van der Waals surface area contributed by atoms with Crippen molar-refractivity contribution in [3.05, 3.63) is 0 Å². The topological polar surface area (TPSA) is 43.4 Å². The molecule has 0 aromatic carbocycles. The number of carbonyl (C=O) groups is 2. The molecule has 0 aliphatic heterocycles. The van der Waals surface area contributed by atoms with Crippen LogP contribution in [0.2, 0.25) is 12.6 Å². The minimum Gasteiger partial charge on any atom is -0.394 e. The summed E-state index contributed by atoms with van der Waals surface area (Å²) in [5.74, 6) is -0.913. The van der Waals surface area contributed by atoms with Gasteiger partial charge in [0.25, 0.3) is 0 Å².